The van der Waals surface area contributed by atoms with Crippen molar-refractivity contribution in [3.63, 3.8) is 0 Å². The molecule has 0 saturated carbocycles. The molecule has 0 saturated heterocycles. The van der Waals surface area contributed by atoms with Gasteiger partial charge in [0.1, 0.15) is 5.82 Å². The Morgan fingerprint density at radius 3 is 2.30 bits per heavy atom. The van der Waals surface area contributed by atoms with Gasteiger partial charge in [0.05, 0.1) is 11.7 Å². The Morgan fingerprint density at radius 2 is 1.70 bits per heavy atom. The van der Waals surface area contributed by atoms with Crippen molar-refractivity contribution in [1.29, 1.82) is 0 Å². The number of rotatable bonds is 5. The van der Waals surface area contributed by atoms with Gasteiger partial charge in [-0.15, -0.1) is 0 Å². The summed E-state index contributed by atoms with van der Waals surface area (Å²) in [5, 5.41) is 4.33. The molecule has 1 N–H and O–H groups in total. The largest absolute Gasteiger partial charge is 0.376 e. The van der Waals surface area contributed by atoms with Crippen LogP contribution in [0.1, 0.15) is 31.4 Å². The zero-order chi connectivity index (χ0) is 14.5. The van der Waals surface area contributed by atoms with E-state index >= 15 is 0 Å². The molecule has 0 aliphatic rings. The molecule has 0 aliphatic heterocycles. The van der Waals surface area contributed by atoms with Gasteiger partial charge in [-0.25, -0.2) is 4.39 Å². The first-order valence-corrected chi connectivity index (χ1v) is 7.32. The summed E-state index contributed by atoms with van der Waals surface area (Å²) in [5.41, 5.74) is 1.55. The van der Waals surface area contributed by atoms with Crippen LogP contribution in [0.3, 0.4) is 0 Å². The molecule has 106 valence electrons. The van der Waals surface area contributed by atoms with Crippen molar-refractivity contribution < 1.29 is 4.39 Å². The summed E-state index contributed by atoms with van der Waals surface area (Å²) < 4.78 is 13.9. The van der Waals surface area contributed by atoms with Crippen LogP contribution in [-0.2, 0) is 0 Å². The van der Waals surface area contributed by atoms with Gasteiger partial charge in [-0.2, -0.15) is 0 Å². The molecule has 1 atom stereocenters. The summed E-state index contributed by atoms with van der Waals surface area (Å²) in [5.74, 6) is -0.340. The van der Waals surface area contributed by atoms with Crippen LogP contribution in [-0.4, -0.2) is 0 Å². The van der Waals surface area contributed by atoms with E-state index in [0.29, 0.717) is 15.7 Å². The van der Waals surface area contributed by atoms with Gasteiger partial charge in [-0.3, -0.25) is 0 Å². The van der Waals surface area contributed by atoms with Crippen molar-refractivity contribution in [2.75, 3.05) is 5.32 Å². The van der Waals surface area contributed by atoms with Crippen molar-refractivity contribution in [2.45, 2.75) is 25.8 Å². The summed E-state index contributed by atoms with van der Waals surface area (Å²) in [6, 6.07) is 12.3. The number of hydrogen-bond acceptors (Lipinski definition) is 1. The van der Waals surface area contributed by atoms with E-state index in [-0.39, 0.29) is 11.9 Å². The Balaban J connectivity index is 2.22. The number of benzene rings is 2. The molecule has 2 rings (SSSR count). The average molecular weight is 312 g/mol. The van der Waals surface area contributed by atoms with Gasteiger partial charge in [0, 0.05) is 10.0 Å². The summed E-state index contributed by atoms with van der Waals surface area (Å²) in [6.07, 6.45) is 1.90. The van der Waals surface area contributed by atoms with E-state index < -0.39 is 0 Å². The zero-order valence-corrected chi connectivity index (χ0v) is 12.7. The van der Waals surface area contributed by atoms with Gasteiger partial charge >= 0.3 is 0 Å². The van der Waals surface area contributed by atoms with Crippen LogP contribution >= 0.6 is 23.2 Å². The van der Waals surface area contributed by atoms with Crippen molar-refractivity contribution in [1.82, 2.24) is 0 Å². The van der Waals surface area contributed by atoms with Crippen LogP contribution in [0.25, 0.3) is 0 Å². The van der Waals surface area contributed by atoms with E-state index in [9.17, 15) is 4.39 Å². The minimum Gasteiger partial charge on any atom is -0.376 e. The SMILES string of the molecule is CCCC(Nc1ccc(Cl)cc1F)c1ccc(Cl)cc1. The third kappa shape index (κ3) is 3.87. The van der Waals surface area contributed by atoms with Gasteiger partial charge in [-0.05, 0) is 42.3 Å². The summed E-state index contributed by atoms with van der Waals surface area (Å²) in [7, 11) is 0. The lowest BCUT2D eigenvalue weighted by Gasteiger charge is -2.20. The van der Waals surface area contributed by atoms with Crippen LogP contribution in [0.15, 0.2) is 42.5 Å². The van der Waals surface area contributed by atoms with Gasteiger partial charge in [0.25, 0.3) is 0 Å². The van der Waals surface area contributed by atoms with E-state index in [1.54, 1.807) is 12.1 Å². The fourth-order valence-corrected chi connectivity index (χ4v) is 2.38. The topological polar surface area (TPSA) is 12.0 Å². The van der Waals surface area contributed by atoms with Crippen molar-refractivity contribution in [2.24, 2.45) is 0 Å². The smallest absolute Gasteiger partial charge is 0.147 e. The summed E-state index contributed by atoms with van der Waals surface area (Å²) >= 11 is 11.7. The predicted molar refractivity (Wildman–Crippen MR) is 84.1 cm³/mol. The quantitative estimate of drug-likeness (QED) is 0.705. The van der Waals surface area contributed by atoms with Gasteiger partial charge in [0.15, 0.2) is 0 Å². The number of anilines is 1. The second-order valence-electron chi connectivity index (χ2n) is 4.66. The molecule has 0 radical (unpaired) electrons. The molecular formula is C16H16Cl2FN. The maximum Gasteiger partial charge on any atom is 0.147 e. The summed E-state index contributed by atoms with van der Waals surface area (Å²) in [4.78, 5) is 0. The average Bonchev–Trinajstić information content (AvgIpc) is 2.42. The molecule has 0 heterocycles. The lowest BCUT2D eigenvalue weighted by atomic mass is 10.0. The molecule has 2 aromatic carbocycles. The molecular weight excluding hydrogens is 296 g/mol. The summed E-state index contributed by atoms with van der Waals surface area (Å²) in [6.45, 7) is 2.10. The van der Waals surface area contributed by atoms with Gasteiger partial charge < -0.3 is 5.32 Å². The fourth-order valence-electron chi connectivity index (χ4n) is 2.10. The van der Waals surface area contributed by atoms with E-state index in [2.05, 4.69) is 12.2 Å². The van der Waals surface area contributed by atoms with E-state index in [0.717, 1.165) is 18.4 Å². The van der Waals surface area contributed by atoms with Crippen molar-refractivity contribution in [3.8, 4) is 0 Å². The Bertz CT molecular complexity index is 569. The first-order valence-electron chi connectivity index (χ1n) is 6.57. The minimum absolute atomic E-state index is 0.0490. The molecule has 2 aromatic rings. The highest BCUT2D eigenvalue weighted by atomic mass is 35.5. The Hall–Kier alpha value is -1.25. The molecule has 0 bridgehead atoms. The molecule has 1 nitrogen and oxygen atoms in total. The van der Waals surface area contributed by atoms with Crippen molar-refractivity contribution >= 4 is 28.9 Å². The third-order valence-electron chi connectivity index (χ3n) is 3.11. The van der Waals surface area contributed by atoms with E-state index in [4.69, 9.17) is 23.2 Å². The molecule has 0 aromatic heterocycles. The van der Waals surface area contributed by atoms with Crippen molar-refractivity contribution in [3.05, 3.63) is 63.9 Å². The standard InChI is InChI=1S/C16H16Cl2FN/c1-2-3-15(11-4-6-12(17)7-5-11)20-16-9-8-13(18)10-14(16)19/h4-10,15,20H,2-3H2,1H3. The van der Waals surface area contributed by atoms with Crippen LogP contribution in [0.2, 0.25) is 10.0 Å². The maximum absolute atomic E-state index is 13.9. The predicted octanol–water partition coefficient (Wildman–Crippen LogP) is 6.09. The monoisotopic (exact) mass is 311 g/mol. The van der Waals surface area contributed by atoms with Crippen LogP contribution in [0.4, 0.5) is 10.1 Å². The molecule has 0 fully saturated rings. The normalized spacial score (nSPS) is 12.2. The highest BCUT2D eigenvalue weighted by Gasteiger charge is 2.13. The minimum atomic E-state index is -0.340. The van der Waals surface area contributed by atoms with E-state index in [1.165, 1.54) is 6.07 Å². The van der Waals surface area contributed by atoms with Gasteiger partial charge in [-0.1, -0.05) is 48.7 Å². The number of nitrogens with one attached hydrogen (secondary N) is 1. The number of hydrogen-bond donors (Lipinski definition) is 1. The second kappa shape index (κ2) is 6.96. The molecule has 0 aliphatic carbocycles. The van der Waals surface area contributed by atoms with Gasteiger partial charge in [0.2, 0.25) is 0 Å². The maximum atomic E-state index is 13.9. The molecule has 0 amide bonds. The third-order valence-corrected chi connectivity index (χ3v) is 3.60. The van der Waals surface area contributed by atoms with Crippen LogP contribution < -0.4 is 5.32 Å². The second-order valence-corrected chi connectivity index (χ2v) is 5.53. The first kappa shape index (κ1) is 15.1. The van der Waals surface area contributed by atoms with Crippen LogP contribution in [0.5, 0.6) is 0 Å². The molecule has 20 heavy (non-hydrogen) atoms. The fraction of sp³-hybridized carbons (Fsp3) is 0.250. The lowest BCUT2D eigenvalue weighted by Crippen LogP contribution is -2.11. The molecule has 4 heteroatoms. The molecule has 1 unspecified atom stereocenters. The Labute approximate surface area is 128 Å². The van der Waals surface area contributed by atoms with Crippen LogP contribution in [0, 0.1) is 5.82 Å². The number of halogens is 3. The molecule has 0 spiro atoms. The first-order chi connectivity index (χ1) is 9.60. The Morgan fingerprint density at radius 1 is 1.05 bits per heavy atom. The zero-order valence-electron chi connectivity index (χ0n) is 11.2. The van der Waals surface area contributed by atoms with E-state index in [1.807, 2.05) is 24.3 Å². The highest BCUT2D eigenvalue weighted by molar-refractivity contribution is 6.30. The Kier molecular flexibility index (Phi) is 5.27. The highest BCUT2D eigenvalue weighted by Crippen LogP contribution is 2.27. The lowest BCUT2D eigenvalue weighted by molar-refractivity contribution is 0.618.